The van der Waals surface area contributed by atoms with E-state index in [1.54, 1.807) is 0 Å². The summed E-state index contributed by atoms with van der Waals surface area (Å²) in [5.41, 5.74) is -0.419. The van der Waals surface area contributed by atoms with Crippen LogP contribution in [0.4, 0.5) is 0 Å². The average Bonchev–Trinajstić information content (AvgIpc) is 2.63. The molecule has 0 unspecified atom stereocenters. The van der Waals surface area contributed by atoms with Gasteiger partial charge >= 0.3 is 18.9 Å². The largest absolute Gasteiger partial charge is 1.00 e. The van der Waals surface area contributed by atoms with Crippen LogP contribution in [0.25, 0.3) is 0 Å². The molecule has 1 amide bonds. The average molecular weight is 272 g/mol. The number of amides is 1. The molecule has 1 saturated heterocycles. The molecule has 0 bridgehead atoms. The summed E-state index contributed by atoms with van der Waals surface area (Å²) >= 11 is 1.94. The molecule has 2 fully saturated rings. The molecule has 2 heterocycles. The van der Waals surface area contributed by atoms with Crippen molar-refractivity contribution in [3.63, 3.8) is 0 Å². The van der Waals surface area contributed by atoms with Crippen molar-refractivity contribution < 1.29 is 23.7 Å². The summed E-state index contributed by atoms with van der Waals surface area (Å²) in [7, 11) is 0. The van der Waals surface area contributed by atoms with E-state index < -0.39 is 5.54 Å². The number of hydrogen-bond acceptors (Lipinski definition) is 3. The Balaban J connectivity index is 0.00000133. The zero-order chi connectivity index (χ0) is 12.4. The molecule has 1 saturated carbocycles. The second kappa shape index (κ2) is 6.69. The molecule has 3 nitrogen and oxygen atoms in total. The Morgan fingerprint density at radius 3 is 2.42 bits per heavy atom. The third-order valence-corrected chi connectivity index (χ3v) is 5.48. The fourth-order valence-electron chi connectivity index (χ4n) is 3.27. The van der Waals surface area contributed by atoms with Crippen LogP contribution in [-0.4, -0.2) is 40.2 Å². The molecule has 0 atom stereocenters. The van der Waals surface area contributed by atoms with E-state index in [-0.39, 0.29) is 24.8 Å². The van der Waals surface area contributed by atoms with Gasteiger partial charge in [0.1, 0.15) is 0 Å². The second-order valence-electron chi connectivity index (χ2n) is 5.68. The van der Waals surface area contributed by atoms with Crippen molar-refractivity contribution in [3.8, 4) is 0 Å². The van der Waals surface area contributed by atoms with Gasteiger partial charge in [-0.15, -0.1) is 0 Å². The summed E-state index contributed by atoms with van der Waals surface area (Å²) in [4.78, 5) is 19.0. The van der Waals surface area contributed by atoms with E-state index in [0.29, 0.717) is 6.04 Å². The Bertz CT molecular complexity index is 347. The predicted octanol–water partition coefficient (Wildman–Crippen LogP) is -0.273. The standard InChI is InChI=1S/C14H21N2OS.Li/c17-13-14(7-9-18-10-8-14)15-11-16(13)12-5-3-1-2-4-6-12;/h12H,1-10H2;/q-1;+1. The van der Waals surface area contributed by atoms with Crippen LogP contribution in [-0.2, 0) is 4.79 Å². The van der Waals surface area contributed by atoms with Crippen LogP contribution >= 0.6 is 11.8 Å². The van der Waals surface area contributed by atoms with Gasteiger partial charge in [0.05, 0.1) is 11.4 Å². The van der Waals surface area contributed by atoms with Crippen LogP contribution in [0.5, 0.6) is 0 Å². The van der Waals surface area contributed by atoms with Gasteiger partial charge in [0.25, 0.3) is 0 Å². The van der Waals surface area contributed by atoms with Crippen LogP contribution in [0.15, 0.2) is 4.99 Å². The Kier molecular flexibility index (Phi) is 5.45. The Morgan fingerprint density at radius 2 is 1.79 bits per heavy atom. The molecule has 5 heteroatoms. The summed E-state index contributed by atoms with van der Waals surface area (Å²) in [5.74, 6) is 2.37. The zero-order valence-corrected chi connectivity index (χ0v) is 12.7. The molecule has 19 heavy (non-hydrogen) atoms. The Labute approximate surface area is 132 Å². The number of carbonyl (C=O) groups excluding carboxylic acids is 1. The molecule has 0 aromatic rings. The SMILES string of the molecule is O=C1N(C2CCCCCC2)[C-]=NC12CCSCC2.[Li+]. The third-order valence-electron chi connectivity index (χ3n) is 4.50. The summed E-state index contributed by atoms with van der Waals surface area (Å²) < 4.78 is 0. The molecule has 0 radical (unpaired) electrons. The molecule has 100 valence electrons. The minimum Gasteiger partial charge on any atom is -0.462 e. The minimum atomic E-state index is -0.419. The van der Waals surface area contributed by atoms with Gasteiger partial charge in [-0.25, -0.2) is 0 Å². The monoisotopic (exact) mass is 272 g/mol. The summed E-state index contributed by atoms with van der Waals surface area (Å²) in [6, 6.07) is 0.373. The maximum atomic E-state index is 12.7. The first-order chi connectivity index (χ1) is 8.82. The van der Waals surface area contributed by atoms with Crippen LogP contribution in [0, 0.1) is 0 Å². The maximum Gasteiger partial charge on any atom is 1.00 e. The van der Waals surface area contributed by atoms with Gasteiger partial charge in [0.15, 0.2) is 0 Å². The van der Waals surface area contributed by atoms with Crippen LogP contribution < -0.4 is 18.9 Å². The van der Waals surface area contributed by atoms with Crippen molar-refractivity contribution in [1.29, 1.82) is 0 Å². The first-order valence-corrected chi connectivity index (χ1v) is 8.36. The van der Waals surface area contributed by atoms with Crippen molar-refractivity contribution in [2.45, 2.75) is 62.9 Å². The van der Waals surface area contributed by atoms with E-state index in [9.17, 15) is 4.79 Å². The molecule has 0 aromatic heterocycles. The maximum absolute atomic E-state index is 12.7. The zero-order valence-electron chi connectivity index (χ0n) is 11.9. The number of thioether (sulfide) groups is 1. The smallest absolute Gasteiger partial charge is 0.462 e. The molecule has 0 N–H and O–H groups in total. The van der Waals surface area contributed by atoms with Crippen molar-refractivity contribution in [2.75, 3.05) is 11.5 Å². The van der Waals surface area contributed by atoms with Gasteiger partial charge in [-0.1, -0.05) is 32.0 Å². The molecule has 1 aliphatic carbocycles. The second-order valence-corrected chi connectivity index (χ2v) is 6.90. The number of hydrogen-bond donors (Lipinski definition) is 0. The predicted molar refractivity (Wildman–Crippen MR) is 75.1 cm³/mol. The summed E-state index contributed by atoms with van der Waals surface area (Å²) in [5, 5.41) is 0. The molecule has 3 aliphatic rings. The third kappa shape index (κ3) is 3.06. The quantitative estimate of drug-likeness (QED) is 0.374. The van der Waals surface area contributed by atoms with Gasteiger partial charge in [-0.2, -0.15) is 11.8 Å². The van der Waals surface area contributed by atoms with E-state index in [0.717, 1.165) is 37.2 Å². The molecular formula is C14H21LiN2OS. The van der Waals surface area contributed by atoms with Crippen molar-refractivity contribution >= 4 is 24.0 Å². The summed E-state index contributed by atoms with van der Waals surface area (Å²) in [6.07, 6.45) is 12.3. The number of rotatable bonds is 1. The van der Waals surface area contributed by atoms with Gasteiger partial charge < -0.3 is 14.7 Å². The fraction of sp³-hybridized carbons (Fsp3) is 0.857. The van der Waals surface area contributed by atoms with Crippen molar-refractivity contribution in [3.05, 3.63) is 0 Å². The fourth-order valence-corrected chi connectivity index (χ4v) is 4.43. The molecule has 1 spiro atoms. The van der Waals surface area contributed by atoms with E-state index >= 15 is 0 Å². The Morgan fingerprint density at radius 1 is 1.16 bits per heavy atom. The minimum absolute atomic E-state index is 0. The van der Waals surface area contributed by atoms with Crippen LogP contribution in [0.3, 0.4) is 0 Å². The number of carbonyl (C=O) groups is 1. The van der Waals surface area contributed by atoms with Crippen molar-refractivity contribution in [1.82, 2.24) is 4.90 Å². The van der Waals surface area contributed by atoms with E-state index in [1.807, 2.05) is 16.7 Å². The molecule has 0 aromatic carbocycles. The first-order valence-electron chi connectivity index (χ1n) is 7.21. The van der Waals surface area contributed by atoms with Gasteiger partial charge in [-0.05, 0) is 37.2 Å². The van der Waals surface area contributed by atoms with Gasteiger partial charge in [0, 0.05) is 6.04 Å². The normalized spacial score (nSPS) is 27.4. The number of nitrogens with zero attached hydrogens (tertiary/aromatic N) is 2. The van der Waals surface area contributed by atoms with Gasteiger partial charge in [-0.3, -0.25) is 0 Å². The molecular weight excluding hydrogens is 251 g/mol. The number of aliphatic imine (C=N–C) groups is 1. The summed E-state index contributed by atoms with van der Waals surface area (Å²) in [6.45, 7) is 0. The van der Waals surface area contributed by atoms with E-state index in [4.69, 9.17) is 0 Å². The van der Waals surface area contributed by atoms with Gasteiger partial charge in [0.2, 0.25) is 0 Å². The first kappa shape index (κ1) is 15.5. The van der Waals surface area contributed by atoms with E-state index in [2.05, 4.69) is 11.3 Å². The van der Waals surface area contributed by atoms with Crippen LogP contribution in [0.2, 0.25) is 0 Å². The van der Waals surface area contributed by atoms with Crippen molar-refractivity contribution in [2.24, 2.45) is 4.99 Å². The Hall–Kier alpha value is 0.0874. The van der Waals surface area contributed by atoms with E-state index in [1.165, 1.54) is 25.7 Å². The topological polar surface area (TPSA) is 32.7 Å². The van der Waals surface area contributed by atoms with Crippen LogP contribution in [0.1, 0.15) is 51.4 Å². The molecule has 2 aliphatic heterocycles. The molecule has 3 rings (SSSR count).